The number of benzene rings is 1. The molecule has 8 N–H and O–H groups in total. The Kier molecular flexibility index (Phi) is 10.6. The van der Waals surface area contributed by atoms with Crippen LogP contribution in [0.25, 0.3) is 11.2 Å². The number of fused-ring (bicyclic) bond motifs is 1. The van der Waals surface area contributed by atoms with Gasteiger partial charge in [0.25, 0.3) is 11.5 Å². The number of carbonyl (C=O) groups excluding carboxylic acids is 4. The molecule has 2 heterocycles. The van der Waals surface area contributed by atoms with Gasteiger partial charge in [0.1, 0.15) is 11.8 Å². The van der Waals surface area contributed by atoms with Gasteiger partial charge in [-0.2, -0.15) is 4.98 Å². The number of Topliss-reactive ketones (excluding diaryl/α,β-unsaturated/α-hetero) is 1. The number of amides is 3. The Balaban J connectivity index is 1.24. The van der Waals surface area contributed by atoms with Crippen molar-refractivity contribution in [2.24, 2.45) is 5.41 Å². The summed E-state index contributed by atoms with van der Waals surface area (Å²) in [5, 5.41) is 20.1. The van der Waals surface area contributed by atoms with Gasteiger partial charge in [0.15, 0.2) is 11.2 Å². The highest BCUT2D eigenvalue weighted by molar-refractivity contribution is 5.97. The largest absolute Gasteiger partial charge is 0.480 e. The third kappa shape index (κ3) is 8.75. The number of aliphatic carboxylic acids is 1. The van der Waals surface area contributed by atoms with Crippen molar-refractivity contribution in [3.63, 3.8) is 0 Å². The lowest BCUT2D eigenvalue weighted by molar-refractivity contribution is -0.139. The molecule has 244 valence electrons. The molecule has 3 aromatic rings. The number of terminal acetylenes is 1. The van der Waals surface area contributed by atoms with E-state index in [1.807, 2.05) is 0 Å². The molecule has 0 aliphatic heterocycles. The van der Waals surface area contributed by atoms with Crippen LogP contribution in [0.4, 0.5) is 11.6 Å². The van der Waals surface area contributed by atoms with Gasteiger partial charge in [-0.3, -0.25) is 29.0 Å². The Morgan fingerprint density at radius 1 is 1.13 bits per heavy atom. The highest BCUT2D eigenvalue weighted by Crippen LogP contribution is 2.39. The molecule has 16 nitrogen and oxygen atoms in total. The van der Waals surface area contributed by atoms with Gasteiger partial charge < -0.3 is 32.1 Å². The molecular formula is C31H33N9O7. The maximum atomic E-state index is 12.9. The summed E-state index contributed by atoms with van der Waals surface area (Å²) in [6, 6.07) is 4.80. The smallest absolute Gasteiger partial charge is 0.326 e. The number of nitrogen functional groups attached to an aromatic ring is 1. The van der Waals surface area contributed by atoms with E-state index in [2.05, 4.69) is 53.7 Å². The van der Waals surface area contributed by atoms with Gasteiger partial charge >= 0.3 is 5.97 Å². The van der Waals surface area contributed by atoms with Gasteiger partial charge in [-0.05, 0) is 37.1 Å². The fraction of sp³-hybridized carbons (Fsp3) is 0.323. The average Bonchev–Trinajstić information content (AvgIpc) is 3.01. The standard InChI is InChI=1S/C31H33N9O7/c1-3-10-31(12-17(2)11-21(41)13-31)29(47)36-16-35-23(42)9-8-22(28(45)46)38-26(43)18-4-6-19(7-5-18)33-14-20-15-34-25-24(37-20)27(44)40-30(32)39-25/h1,4-7,15,22,33H,2,8-14,16H2,(H,35,42)(H,36,47)(H,38,43)(H,45,46)(H3,32,34,39,40,44). The minimum absolute atomic E-state index is 0.0202. The minimum atomic E-state index is -1.36. The first-order valence-electron chi connectivity index (χ1n) is 14.4. The van der Waals surface area contributed by atoms with Crippen LogP contribution in [0.3, 0.4) is 0 Å². The molecule has 16 heteroatoms. The summed E-state index contributed by atoms with van der Waals surface area (Å²) in [5.41, 5.74) is 5.88. The Bertz CT molecular complexity index is 1810. The number of aromatic amines is 1. The third-order valence-electron chi connectivity index (χ3n) is 7.40. The Morgan fingerprint density at radius 2 is 1.87 bits per heavy atom. The van der Waals surface area contributed by atoms with Crippen LogP contribution >= 0.6 is 0 Å². The number of nitrogens with two attached hydrogens (primary N) is 1. The summed E-state index contributed by atoms with van der Waals surface area (Å²) < 4.78 is 0. The lowest BCUT2D eigenvalue weighted by atomic mass is 9.69. The lowest BCUT2D eigenvalue weighted by Gasteiger charge is -2.34. The maximum Gasteiger partial charge on any atom is 0.326 e. The molecule has 1 fully saturated rings. The van der Waals surface area contributed by atoms with Gasteiger partial charge in [-0.25, -0.2) is 14.8 Å². The first-order valence-corrected chi connectivity index (χ1v) is 14.4. The van der Waals surface area contributed by atoms with Crippen molar-refractivity contribution in [2.75, 3.05) is 17.7 Å². The Hall–Kier alpha value is -6.11. The molecule has 2 aromatic heterocycles. The first kappa shape index (κ1) is 33.8. The zero-order valence-corrected chi connectivity index (χ0v) is 25.2. The Labute approximate surface area is 268 Å². The molecule has 4 rings (SSSR count). The van der Waals surface area contributed by atoms with E-state index in [0.717, 1.165) is 0 Å². The van der Waals surface area contributed by atoms with Crippen molar-refractivity contribution in [3.8, 4) is 12.3 Å². The number of carboxylic acid groups (broad SMARTS) is 1. The topological polar surface area (TPSA) is 251 Å². The number of hydrogen-bond donors (Lipinski definition) is 7. The van der Waals surface area contributed by atoms with Crippen molar-refractivity contribution in [2.45, 2.75) is 51.1 Å². The highest BCUT2D eigenvalue weighted by Gasteiger charge is 2.43. The first-order chi connectivity index (χ1) is 22.4. The SMILES string of the molecule is C#CCC1(C(=O)NCNC(=O)CCC(NC(=O)c2ccc(NCc3cnc4nc(N)[nH]c(=O)c4n3)cc2)C(=O)O)CC(=C)CC(=O)C1. The number of carbonyl (C=O) groups is 5. The molecule has 2 atom stereocenters. The fourth-order valence-corrected chi connectivity index (χ4v) is 5.15. The van der Waals surface area contributed by atoms with E-state index < -0.39 is 40.7 Å². The van der Waals surface area contributed by atoms with Gasteiger partial charge in [0.2, 0.25) is 17.8 Å². The molecule has 0 saturated heterocycles. The number of nitrogens with one attached hydrogen (secondary N) is 5. The van der Waals surface area contributed by atoms with E-state index in [1.165, 1.54) is 18.3 Å². The number of hydrogen-bond acceptors (Lipinski definition) is 11. The second-order valence-electron chi connectivity index (χ2n) is 11.1. The van der Waals surface area contributed by atoms with Crippen molar-refractivity contribution >= 4 is 52.3 Å². The lowest BCUT2D eigenvalue weighted by Crippen LogP contribution is -2.48. The zero-order chi connectivity index (χ0) is 34.1. The van der Waals surface area contributed by atoms with E-state index in [1.54, 1.807) is 12.1 Å². The number of carboxylic acids is 1. The highest BCUT2D eigenvalue weighted by atomic mass is 16.4. The number of ketones is 1. The number of aromatic nitrogens is 4. The van der Waals surface area contributed by atoms with Crippen LogP contribution in [0.15, 0.2) is 47.4 Å². The number of nitrogens with zero attached hydrogens (tertiary/aromatic N) is 3. The summed E-state index contributed by atoms with van der Waals surface area (Å²) in [7, 11) is 0. The minimum Gasteiger partial charge on any atom is -0.480 e. The molecule has 2 unspecified atom stereocenters. The zero-order valence-electron chi connectivity index (χ0n) is 25.2. The average molecular weight is 644 g/mol. The predicted molar refractivity (Wildman–Crippen MR) is 169 cm³/mol. The predicted octanol–water partition coefficient (Wildman–Crippen LogP) is 0.379. The van der Waals surface area contributed by atoms with Gasteiger partial charge in [-0.15, -0.1) is 12.3 Å². The molecule has 47 heavy (non-hydrogen) atoms. The van der Waals surface area contributed by atoms with Crippen LogP contribution < -0.4 is 32.6 Å². The fourth-order valence-electron chi connectivity index (χ4n) is 5.15. The molecule has 3 amide bonds. The van der Waals surface area contributed by atoms with Crippen molar-refractivity contribution in [1.82, 2.24) is 35.9 Å². The number of rotatable bonds is 13. The number of allylic oxidation sites excluding steroid dienone is 1. The summed E-state index contributed by atoms with van der Waals surface area (Å²) in [5.74, 6) is -0.796. The molecule has 1 aliphatic carbocycles. The molecule has 0 spiro atoms. The quantitative estimate of drug-likeness (QED) is 0.0758. The monoisotopic (exact) mass is 643 g/mol. The van der Waals surface area contributed by atoms with E-state index in [-0.39, 0.29) is 80.2 Å². The van der Waals surface area contributed by atoms with Crippen LogP contribution in [0.2, 0.25) is 0 Å². The van der Waals surface area contributed by atoms with Gasteiger partial charge in [-0.1, -0.05) is 12.2 Å². The van der Waals surface area contributed by atoms with Gasteiger partial charge in [0.05, 0.1) is 30.5 Å². The molecular weight excluding hydrogens is 610 g/mol. The summed E-state index contributed by atoms with van der Waals surface area (Å²) >= 11 is 0. The molecule has 0 radical (unpaired) electrons. The van der Waals surface area contributed by atoms with Crippen molar-refractivity contribution < 1.29 is 29.1 Å². The molecule has 0 bridgehead atoms. The second kappa shape index (κ2) is 14.8. The van der Waals surface area contributed by atoms with E-state index in [9.17, 15) is 33.9 Å². The van der Waals surface area contributed by atoms with Gasteiger partial charge in [0, 0.05) is 36.9 Å². The number of H-pyrrole nitrogens is 1. The van der Waals surface area contributed by atoms with Crippen LogP contribution in [0.5, 0.6) is 0 Å². The van der Waals surface area contributed by atoms with Crippen LogP contribution in [0.1, 0.15) is 54.6 Å². The molecule has 1 aliphatic rings. The summed E-state index contributed by atoms with van der Waals surface area (Å²) in [6.07, 6.45) is 6.89. The number of anilines is 2. The maximum absolute atomic E-state index is 12.9. The van der Waals surface area contributed by atoms with Crippen molar-refractivity contribution in [3.05, 3.63) is 64.2 Å². The second-order valence-corrected chi connectivity index (χ2v) is 11.1. The van der Waals surface area contributed by atoms with E-state index >= 15 is 0 Å². The molecule has 1 aromatic carbocycles. The third-order valence-corrected chi connectivity index (χ3v) is 7.40. The van der Waals surface area contributed by atoms with Crippen LogP contribution in [0, 0.1) is 17.8 Å². The van der Waals surface area contributed by atoms with Crippen LogP contribution in [-0.2, 0) is 25.7 Å². The van der Waals surface area contributed by atoms with Crippen molar-refractivity contribution in [1.29, 1.82) is 0 Å². The molecule has 1 saturated carbocycles. The normalized spacial score (nSPS) is 16.5. The summed E-state index contributed by atoms with van der Waals surface area (Å²) in [4.78, 5) is 88.6. The van der Waals surface area contributed by atoms with E-state index in [0.29, 0.717) is 17.0 Å². The van der Waals surface area contributed by atoms with E-state index in [4.69, 9.17) is 12.2 Å². The Morgan fingerprint density at radius 3 is 2.55 bits per heavy atom. The van der Waals surface area contributed by atoms with Crippen LogP contribution in [-0.4, -0.2) is 67.2 Å². The summed E-state index contributed by atoms with van der Waals surface area (Å²) in [6.45, 7) is 3.77.